The molecule has 0 fully saturated rings. The lowest BCUT2D eigenvalue weighted by molar-refractivity contribution is 0.00693. The summed E-state index contributed by atoms with van der Waals surface area (Å²) >= 11 is 0. The van der Waals surface area contributed by atoms with Gasteiger partial charge in [-0.05, 0) is 58.4 Å². The fourth-order valence-electron chi connectivity index (χ4n) is 3.17. The summed E-state index contributed by atoms with van der Waals surface area (Å²) in [6, 6.07) is 8.84. The number of ether oxygens (including phenoxy) is 1. The number of benzene rings is 1. The molecular weight excluding hydrogens is 368 g/mol. The van der Waals surface area contributed by atoms with Crippen LogP contribution in [0.15, 0.2) is 30.3 Å². The molecule has 0 saturated heterocycles. The highest BCUT2D eigenvalue weighted by molar-refractivity contribution is 6.06. The SMILES string of the molecule is Cc1cc(C(=O)NCc2cccc(C(=O)OC(C)(C)C)c2)c2c(C)nn(C)c2n1. The van der Waals surface area contributed by atoms with E-state index in [0.717, 1.165) is 22.3 Å². The van der Waals surface area contributed by atoms with Gasteiger partial charge in [-0.3, -0.25) is 9.48 Å². The zero-order valence-corrected chi connectivity index (χ0v) is 17.7. The molecule has 1 aromatic carbocycles. The smallest absolute Gasteiger partial charge is 0.338 e. The Morgan fingerprint density at radius 1 is 1.17 bits per heavy atom. The van der Waals surface area contributed by atoms with E-state index < -0.39 is 5.60 Å². The predicted octanol–water partition coefficient (Wildman–Crippen LogP) is 3.47. The molecule has 0 radical (unpaired) electrons. The van der Waals surface area contributed by atoms with Gasteiger partial charge in [-0.2, -0.15) is 5.10 Å². The van der Waals surface area contributed by atoms with Crippen molar-refractivity contribution in [1.29, 1.82) is 0 Å². The Morgan fingerprint density at radius 2 is 1.90 bits per heavy atom. The number of hydrogen-bond donors (Lipinski definition) is 1. The topological polar surface area (TPSA) is 86.1 Å². The largest absolute Gasteiger partial charge is 0.456 e. The van der Waals surface area contributed by atoms with Gasteiger partial charge in [0.15, 0.2) is 5.65 Å². The quantitative estimate of drug-likeness (QED) is 0.685. The number of amides is 1. The molecule has 0 unspecified atom stereocenters. The number of nitrogens with zero attached hydrogens (tertiary/aromatic N) is 3. The third-order valence-corrected chi connectivity index (χ3v) is 4.36. The number of fused-ring (bicyclic) bond motifs is 1. The van der Waals surface area contributed by atoms with Crippen molar-refractivity contribution < 1.29 is 14.3 Å². The number of aromatic nitrogens is 3. The monoisotopic (exact) mass is 394 g/mol. The summed E-state index contributed by atoms with van der Waals surface area (Å²) in [5, 5.41) is 8.05. The number of carbonyl (C=O) groups excluding carboxylic acids is 2. The zero-order chi connectivity index (χ0) is 21.3. The highest BCUT2D eigenvalue weighted by Crippen LogP contribution is 2.21. The van der Waals surface area contributed by atoms with Crippen LogP contribution in [0.1, 0.15) is 58.4 Å². The van der Waals surface area contributed by atoms with E-state index in [9.17, 15) is 9.59 Å². The second-order valence-corrected chi connectivity index (χ2v) is 8.10. The third kappa shape index (κ3) is 4.62. The molecule has 1 N–H and O–H groups in total. The van der Waals surface area contributed by atoms with Gasteiger partial charge in [0.05, 0.1) is 22.2 Å². The van der Waals surface area contributed by atoms with E-state index in [1.54, 1.807) is 28.9 Å². The summed E-state index contributed by atoms with van der Waals surface area (Å²) in [7, 11) is 1.81. The Balaban J connectivity index is 1.79. The van der Waals surface area contributed by atoms with Crippen molar-refractivity contribution >= 4 is 22.9 Å². The maximum atomic E-state index is 12.9. The minimum absolute atomic E-state index is 0.209. The van der Waals surface area contributed by atoms with Crippen molar-refractivity contribution in [1.82, 2.24) is 20.1 Å². The molecule has 3 aromatic rings. The van der Waals surface area contributed by atoms with E-state index in [4.69, 9.17) is 4.74 Å². The first-order valence-electron chi connectivity index (χ1n) is 9.46. The number of carbonyl (C=O) groups is 2. The molecule has 2 heterocycles. The summed E-state index contributed by atoms with van der Waals surface area (Å²) in [5.74, 6) is -0.595. The van der Waals surface area contributed by atoms with Gasteiger partial charge >= 0.3 is 5.97 Å². The first-order valence-corrected chi connectivity index (χ1v) is 9.46. The van der Waals surface area contributed by atoms with Gasteiger partial charge in [0.1, 0.15) is 5.60 Å². The summed E-state index contributed by atoms with van der Waals surface area (Å²) < 4.78 is 7.09. The number of nitrogens with one attached hydrogen (secondary N) is 1. The van der Waals surface area contributed by atoms with Gasteiger partial charge in [-0.15, -0.1) is 0 Å². The third-order valence-electron chi connectivity index (χ3n) is 4.36. The molecule has 0 aliphatic rings. The van der Waals surface area contributed by atoms with E-state index in [1.165, 1.54) is 0 Å². The van der Waals surface area contributed by atoms with Crippen molar-refractivity contribution in [3.05, 3.63) is 58.4 Å². The van der Waals surface area contributed by atoms with Gasteiger partial charge in [0.2, 0.25) is 0 Å². The molecule has 0 bridgehead atoms. The summed E-state index contributed by atoms with van der Waals surface area (Å²) in [6.45, 7) is 9.48. The van der Waals surface area contributed by atoms with Gasteiger partial charge in [-0.1, -0.05) is 12.1 Å². The summed E-state index contributed by atoms with van der Waals surface area (Å²) in [4.78, 5) is 29.6. The fraction of sp³-hybridized carbons (Fsp3) is 0.364. The molecule has 152 valence electrons. The van der Waals surface area contributed by atoms with E-state index >= 15 is 0 Å². The Hall–Kier alpha value is -3.22. The number of esters is 1. The fourth-order valence-corrected chi connectivity index (χ4v) is 3.17. The molecule has 29 heavy (non-hydrogen) atoms. The molecule has 2 aromatic heterocycles. The molecular formula is C22H26N4O3. The molecule has 0 aliphatic heterocycles. The average molecular weight is 394 g/mol. The maximum absolute atomic E-state index is 12.9. The number of rotatable bonds is 4. The lowest BCUT2D eigenvalue weighted by Gasteiger charge is -2.19. The van der Waals surface area contributed by atoms with Crippen molar-refractivity contribution in [2.45, 2.75) is 46.8 Å². The Kier molecular flexibility index (Phi) is 5.42. The van der Waals surface area contributed by atoms with Crippen LogP contribution in [0.3, 0.4) is 0 Å². The van der Waals surface area contributed by atoms with Gasteiger partial charge in [-0.25, -0.2) is 9.78 Å². The van der Waals surface area contributed by atoms with Crippen molar-refractivity contribution in [3.8, 4) is 0 Å². The minimum atomic E-state index is -0.562. The Bertz CT molecular complexity index is 1090. The lowest BCUT2D eigenvalue weighted by Crippen LogP contribution is -2.25. The molecule has 0 atom stereocenters. The van der Waals surface area contributed by atoms with Crippen LogP contribution in [0.4, 0.5) is 0 Å². The van der Waals surface area contributed by atoms with Crippen LogP contribution in [-0.4, -0.2) is 32.2 Å². The molecule has 0 saturated carbocycles. The molecule has 7 nitrogen and oxygen atoms in total. The second-order valence-electron chi connectivity index (χ2n) is 8.10. The Labute approximate surface area is 170 Å². The number of pyridine rings is 1. The summed E-state index contributed by atoms with van der Waals surface area (Å²) in [6.07, 6.45) is 0. The first-order chi connectivity index (χ1) is 13.5. The van der Waals surface area contributed by atoms with Crippen LogP contribution >= 0.6 is 0 Å². The van der Waals surface area contributed by atoms with Crippen molar-refractivity contribution in [2.75, 3.05) is 0 Å². The van der Waals surface area contributed by atoms with Crippen molar-refractivity contribution in [2.24, 2.45) is 7.05 Å². The molecule has 7 heteroatoms. The maximum Gasteiger partial charge on any atom is 0.338 e. The van der Waals surface area contributed by atoms with Crippen LogP contribution in [0.2, 0.25) is 0 Å². The van der Waals surface area contributed by atoms with Gasteiger partial charge in [0, 0.05) is 19.3 Å². The van der Waals surface area contributed by atoms with E-state index in [0.29, 0.717) is 16.8 Å². The summed E-state index contributed by atoms with van der Waals surface area (Å²) in [5.41, 5.74) is 3.43. The standard InChI is InChI=1S/C22H26N4O3/c1-13-10-17(18-14(2)25-26(6)19(18)24-13)20(27)23-12-15-8-7-9-16(11-15)21(28)29-22(3,4)5/h7-11H,12H2,1-6H3,(H,23,27). The van der Waals surface area contributed by atoms with Gasteiger partial charge < -0.3 is 10.1 Å². The van der Waals surface area contributed by atoms with Crippen LogP contribution < -0.4 is 5.32 Å². The molecule has 3 rings (SSSR count). The molecule has 0 spiro atoms. The first kappa shape index (κ1) is 20.5. The van der Waals surface area contributed by atoms with Gasteiger partial charge in [0.25, 0.3) is 5.91 Å². The number of hydrogen-bond acceptors (Lipinski definition) is 5. The van der Waals surface area contributed by atoms with E-state index in [1.807, 2.05) is 47.7 Å². The highest BCUT2D eigenvalue weighted by atomic mass is 16.6. The minimum Gasteiger partial charge on any atom is -0.456 e. The van der Waals surface area contributed by atoms with E-state index in [2.05, 4.69) is 15.4 Å². The van der Waals surface area contributed by atoms with Crippen molar-refractivity contribution in [3.63, 3.8) is 0 Å². The normalized spacial score (nSPS) is 11.5. The van der Waals surface area contributed by atoms with Crippen LogP contribution in [0.5, 0.6) is 0 Å². The number of aryl methyl sites for hydroxylation is 3. The highest BCUT2D eigenvalue weighted by Gasteiger charge is 2.19. The van der Waals surface area contributed by atoms with Crippen LogP contribution in [-0.2, 0) is 18.3 Å². The predicted molar refractivity (Wildman–Crippen MR) is 111 cm³/mol. The van der Waals surface area contributed by atoms with Crippen LogP contribution in [0, 0.1) is 13.8 Å². The Morgan fingerprint density at radius 3 is 2.59 bits per heavy atom. The van der Waals surface area contributed by atoms with E-state index in [-0.39, 0.29) is 18.4 Å². The lowest BCUT2D eigenvalue weighted by atomic mass is 10.1. The average Bonchev–Trinajstić information content (AvgIpc) is 2.91. The molecule has 1 amide bonds. The second kappa shape index (κ2) is 7.66. The molecule has 0 aliphatic carbocycles. The zero-order valence-electron chi connectivity index (χ0n) is 17.7. The van der Waals surface area contributed by atoms with Crippen LogP contribution in [0.25, 0.3) is 11.0 Å².